The van der Waals surface area contributed by atoms with Gasteiger partial charge in [0.15, 0.2) is 6.61 Å². The van der Waals surface area contributed by atoms with Gasteiger partial charge in [-0.25, -0.2) is 4.79 Å². The number of ether oxygens (including phenoxy) is 2. The number of hydrogen-bond donors (Lipinski definition) is 2. The van der Waals surface area contributed by atoms with E-state index in [1.54, 1.807) is 0 Å². The van der Waals surface area contributed by atoms with Crippen molar-refractivity contribution in [2.24, 2.45) is 0 Å². The zero-order valence-electron chi connectivity index (χ0n) is 13.0. The maximum atomic E-state index is 12.1. The summed E-state index contributed by atoms with van der Waals surface area (Å²) in [5.74, 6) is -1.88. The molecule has 26 heavy (non-hydrogen) atoms. The van der Waals surface area contributed by atoms with Gasteiger partial charge in [0.25, 0.3) is 5.91 Å². The molecule has 0 aliphatic rings. The highest BCUT2D eigenvalue weighted by molar-refractivity contribution is 6.33. The Morgan fingerprint density at radius 1 is 1.12 bits per heavy atom. The Labute approximate surface area is 150 Å². The van der Waals surface area contributed by atoms with Gasteiger partial charge in [-0.1, -0.05) is 11.6 Å². The van der Waals surface area contributed by atoms with Gasteiger partial charge in [0.2, 0.25) is 0 Å². The van der Waals surface area contributed by atoms with E-state index in [-0.39, 0.29) is 22.0 Å². The van der Waals surface area contributed by atoms with Crippen LogP contribution in [0.2, 0.25) is 5.02 Å². The molecule has 0 aromatic heterocycles. The van der Waals surface area contributed by atoms with Crippen LogP contribution in [-0.2, 0) is 9.53 Å². The summed E-state index contributed by atoms with van der Waals surface area (Å²) in [5, 5.41) is 2.64. The lowest BCUT2D eigenvalue weighted by Gasteiger charge is -2.10. The lowest BCUT2D eigenvalue weighted by atomic mass is 10.2. The summed E-state index contributed by atoms with van der Waals surface area (Å²) in [6.07, 6.45) is -4.80. The van der Waals surface area contributed by atoms with E-state index in [1.807, 2.05) is 0 Å². The van der Waals surface area contributed by atoms with Crippen molar-refractivity contribution in [3.63, 3.8) is 0 Å². The number of amides is 1. The van der Waals surface area contributed by atoms with Crippen LogP contribution in [0, 0.1) is 0 Å². The van der Waals surface area contributed by atoms with Gasteiger partial charge >= 0.3 is 12.3 Å². The third kappa shape index (κ3) is 5.85. The first kappa shape index (κ1) is 19.4. The monoisotopic (exact) mass is 388 g/mol. The number of benzene rings is 2. The van der Waals surface area contributed by atoms with Gasteiger partial charge in [0, 0.05) is 5.69 Å². The van der Waals surface area contributed by atoms with Crippen LogP contribution in [-0.4, -0.2) is 24.8 Å². The normalized spacial score (nSPS) is 10.9. The first-order chi connectivity index (χ1) is 12.1. The Balaban J connectivity index is 1.86. The highest BCUT2D eigenvalue weighted by Crippen LogP contribution is 2.24. The van der Waals surface area contributed by atoms with Crippen LogP contribution in [0.3, 0.4) is 0 Å². The smallest absolute Gasteiger partial charge is 0.452 e. The van der Waals surface area contributed by atoms with Crippen LogP contribution in [0.15, 0.2) is 42.5 Å². The van der Waals surface area contributed by atoms with Crippen LogP contribution in [0.25, 0.3) is 0 Å². The zero-order valence-corrected chi connectivity index (χ0v) is 13.7. The number of alkyl halides is 3. The van der Waals surface area contributed by atoms with E-state index in [0.717, 1.165) is 12.1 Å². The second-order valence-electron chi connectivity index (χ2n) is 4.93. The van der Waals surface area contributed by atoms with E-state index < -0.39 is 30.6 Å². The molecule has 2 aromatic carbocycles. The van der Waals surface area contributed by atoms with Crippen molar-refractivity contribution in [2.75, 3.05) is 17.7 Å². The molecule has 10 heteroatoms. The molecule has 0 radical (unpaired) electrons. The predicted molar refractivity (Wildman–Crippen MR) is 87.9 cm³/mol. The lowest BCUT2D eigenvalue weighted by molar-refractivity contribution is -0.274. The maximum absolute atomic E-state index is 12.1. The minimum Gasteiger partial charge on any atom is -0.452 e. The maximum Gasteiger partial charge on any atom is 0.573 e. The summed E-state index contributed by atoms with van der Waals surface area (Å²) in [6, 6.07) is 8.59. The fraction of sp³-hybridized carbons (Fsp3) is 0.125. The Morgan fingerprint density at radius 3 is 2.35 bits per heavy atom. The number of halogens is 4. The van der Waals surface area contributed by atoms with E-state index in [1.165, 1.54) is 30.3 Å². The average Bonchev–Trinajstić information content (AvgIpc) is 2.55. The average molecular weight is 389 g/mol. The van der Waals surface area contributed by atoms with Crippen LogP contribution in [0.5, 0.6) is 5.75 Å². The van der Waals surface area contributed by atoms with Crippen LogP contribution in [0.1, 0.15) is 10.4 Å². The number of rotatable bonds is 5. The predicted octanol–water partition coefficient (Wildman–Crippen LogP) is 3.62. The molecule has 0 aliphatic carbocycles. The van der Waals surface area contributed by atoms with E-state index >= 15 is 0 Å². The lowest BCUT2D eigenvalue weighted by Crippen LogP contribution is -2.21. The SMILES string of the molecule is Nc1cc(C(=O)OCC(=O)Nc2ccc(OC(F)(F)F)cc2)ccc1Cl. The number of carbonyl (C=O) groups excluding carboxylic acids is 2. The second kappa shape index (κ2) is 7.96. The number of nitrogens with one attached hydrogen (secondary N) is 1. The number of nitrogen functional groups attached to an aromatic ring is 1. The van der Waals surface area contributed by atoms with Gasteiger partial charge in [-0.05, 0) is 42.5 Å². The minimum atomic E-state index is -4.80. The number of anilines is 2. The van der Waals surface area contributed by atoms with E-state index in [0.29, 0.717) is 0 Å². The second-order valence-corrected chi connectivity index (χ2v) is 5.34. The molecule has 0 bridgehead atoms. The third-order valence-electron chi connectivity index (χ3n) is 2.94. The van der Waals surface area contributed by atoms with Crippen LogP contribution >= 0.6 is 11.6 Å². The number of carbonyl (C=O) groups is 2. The summed E-state index contributed by atoms with van der Waals surface area (Å²) in [7, 11) is 0. The fourth-order valence-electron chi connectivity index (χ4n) is 1.82. The van der Waals surface area contributed by atoms with Gasteiger partial charge in [0.05, 0.1) is 16.3 Å². The highest BCUT2D eigenvalue weighted by Gasteiger charge is 2.30. The molecule has 3 N–H and O–H groups in total. The molecule has 0 unspecified atom stereocenters. The minimum absolute atomic E-state index is 0.119. The summed E-state index contributed by atoms with van der Waals surface area (Å²) >= 11 is 5.74. The Bertz CT molecular complexity index is 810. The molecule has 2 rings (SSSR count). The summed E-state index contributed by atoms with van der Waals surface area (Å²) in [5.41, 5.74) is 6.08. The molecule has 0 aliphatic heterocycles. The van der Waals surface area contributed by atoms with Gasteiger partial charge < -0.3 is 20.5 Å². The Hall–Kier alpha value is -2.94. The molecule has 0 fully saturated rings. The fourth-order valence-corrected chi connectivity index (χ4v) is 1.94. The number of esters is 1. The van der Waals surface area contributed by atoms with Gasteiger partial charge in [-0.15, -0.1) is 13.2 Å². The van der Waals surface area contributed by atoms with E-state index in [2.05, 4.69) is 10.1 Å². The van der Waals surface area contributed by atoms with Crippen LogP contribution in [0.4, 0.5) is 24.5 Å². The number of hydrogen-bond acceptors (Lipinski definition) is 5. The Morgan fingerprint density at radius 2 is 1.77 bits per heavy atom. The standard InChI is InChI=1S/C16H12ClF3N2O4/c17-12-6-1-9(7-13(12)21)15(24)25-8-14(23)22-10-2-4-11(5-3-10)26-16(18,19)20/h1-7H,8,21H2,(H,22,23). The van der Waals surface area contributed by atoms with Gasteiger partial charge in [-0.2, -0.15) is 0 Å². The number of nitrogens with two attached hydrogens (primary N) is 1. The van der Waals surface area contributed by atoms with Crippen molar-refractivity contribution in [2.45, 2.75) is 6.36 Å². The topological polar surface area (TPSA) is 90.7 Å². The first-order valence-electron chi connectivity index (χ1n) is 7.02. The molecule has 0 saturated heterocycles. The molecule has 1 amide bonds. The quantitative estimate of drug-likeness (QED) is 0.603. The van der Waals surface area contributed by atoms with Gasteiger partial charge in [-0.3, -0.25) is 4.79 Å². The van der Waals surface area contributed by atoms with Crippen molar-refractivity contribution in [3.8, 4) is 5.75 Å². The Kier molecular flexibility index (Phi) is 5.93. The molecule has 0 atom stereocenters. The molecule has 0 heterocycles. The molecule has 2 aromatic rings. The van der Waals surface area contributed by atoms with Crippen molar-refractivity contribution in [1.82, 2.24) is 0 Å². The van der Waals surface area contributed by atoms with Crippen molar-refractivity contribution in [1.29, 1.82) is 0 Å². The molecule has 0 saturated carbocycles. The molecule has 0 spiro atoms. The highest BCUT2D eigenvalue weighted by atomic mass is 35.5. The molecular formula is C16H12ClF3N2O4. The largest absolute Gasteiger partial charge is 0.573 e. The molecular weight excluding hydrogens is 377 g/mol. The zero-order chi connectivity index (χ0) is 19.3. The van der Waals surface area contributed by atoms with Gasteiger partial charge in [0.1, 0.15) is 5.75 Å². The van der Waals surface area contributed by atoms with Crippen LogP contribution < -0.4 is 15.8 Å². The third-order valence-corrected chi connectivity index (χ3v) is 3.28. The van der Waals surface area contributed by atoms with Crippen molar-refractivity contribution in [3.05, 3.63) is 53.1 Å². The van der Waals surface area contributed by atoms with E-state index in [9.17, 15) is 22.8 Å². The summed E-state index contributed by atoms with van der Waals surface area (Å²) in [6.45, 7) is -0.595. The molecule has 6 nitrogen and oxygen atoms in total. The first-order valence-corrected chi connectivity index (χ1v) is 7.39. The van der Waals surface area contributed by atoms with Crippen molar-refractivity contribution < 1.29 is 32.2 Å². The summed E-state index contributed by atoms with van der Waals surface area (Å²) < 4.78 is 44.7. The van der Waals surface area contributed by atoms with E-state index in [4.69, 9.17) is 22.1 Å². The summed E-state index contributed by atoms with van der Waals surface area (Å²) in [4.78, 5) is 23.6. The molecule has 138 valence electrons. The van der Waals surface area contributed by atoms with Crippen molar-refractivity contribution >= 4 is 34.9 Å².